The van der Waals surface area contributed by atoms with Crippen LogP contribution in [0.25, 0.3) is 0 Å². The first-order chi connectivity index (χ1) is 3.31. The van der Waals surface area contributed by atoms with Crippen LogP contribution in [0.15, 0.2) is 0 Å². The number of aliphatic hydroxyl groups excluding tert-OH is 1. The number of aliphatic hydroxyl groups is 1. The zero-order chi connectivity index (χ0) is 5.70. The van der Waals surface area contributed by atoms with Gasteiger partial charge in [-0.1, -0.05) is 0 Å². The average molecular weight is 102 g/mol. The van der Waals surface area contributed by atoms with E-state index < -0.39 is 6.04 Å². The van der Waals surface area contributed by atoms with E-state index in [1.54, 1.807) is 6.29 Å². The quantitative estimate of drug-likeness (QED) is 0.470. The normalized spacial score (nSPS) is 13.4. The molecule has 3 nitrogen and oxygen atoms in total. The lowest BCUT2D eigenvalue weighted by molar-refractivity contribution is 0.267. The smallest absolute Gasteiger partial charge is 0.200 e. The molecule has 0 fully saturated rings. The average Bonchev–Trinajstić information content (AvgIpc) is 1.68. The Labute approximate surface area is 42.1 Å². The van der Waals surface area contributed by atoms with Crippen LogP contribution in [0.5, 0.6) is 0 Å². The van der Waals surface area contributed by atoms with E-state index in [1.165, 1.54) is 0 Å². The van der Waals surface area contributed by atoms with Gasteiger partial charge in [0.05, 0.1) is 6.61 Å². The molecule has 0 bridgehead atoms. The lowest BCUT2D eigenvalue weighted by atomic mass is 10.3. The molecule has 0 heterocycles. The van der Waals surface area contributed by atoms with Gasteiger partial charge in [-0.3, -0.25) is 4.79 Å². The first-order valence-corrected chi connectivity index (χ1v) is 2.02. The summed E-state index contributed by atoms with van der Waals surface area (Å²) in [6.45, 7) is -0.144. The molecule has 0 saturated carbocycles. The van der Waals surface area contributed by atoms with Gasteiger partial charge in [-0.25, -0.2) is 0 Å². The summed E-state index contributed by atoms with van der Waals surface area (Å²) < 4.78 is 0. The third-order valence-corrected chi connectivity index (χ3v) is 0.580. The third-order valence-electron chi connectivity index (χ3n) is 0.580. The Morgan fingerprint density at radius 3 is 2.57 bits per heavy atom. The summed E-state index contributed by atoms with van der Waals surface area (Å²) in [4.78, 5) is 9.46. The topological polar surface area (TPSA) is 63.3 Å². The maximum Gasteiger partial charge on any atom is 0.200 e. The van der Waals surface area contributed by atoms with Crippen molar-refractivity contribution in [2.24, 2.45) is 5.73 Å². The number of carbonyl (C=O) groups excluding carboxylic acids is 1. The Hall–Kier alpha value is -0.410. The van der Waals surface area contributed by atoms with Crippen molar-refractivity contribution in [3.05, 3.63) is 0 Å². The summed E-state index contributed by atoms with van der Waals surface area (Å²) in [5.41, 5.74) is 5.07. The molecule has 0 saturated heterocycles. The summed E-state index contributed by atoms with van der Waals surface area (Å²) in [6, 6.07) is -0.419. The number of rotatable bonds is 3. The Kier molecular flexibility index (Phi) is 3.55. The van der Waals surface area contributed by atoms with Crippen LogP contribution in [-0.2, 0) is 4.79 Å². The van der Waals surface area contributed by atoms with Gasteiger partial charge < -0.3 is 10.8 Å². The van der Waals surface area contributed by atoms with Gasteiger partial charge in [-0.15, -0.1) is 0 Å². The van der Waals surface area contributed by atoms with E-state index in [-0.39, 0.29) is 13.0 Å². The molecule has 0 aliphatic heterocycles. The Morgan fingerprint density at radius 1 is 1.86 bits per heavy atom. The zero-order valence-corrected chi connectivity index (χ0v) is 3.92. The van der Waals surface area contributed by atoms with Crippen molar-refractivity contribution in [2.45, 2.75) is 12.5 Å². The van der Waals surface area contributed by atoms with Gasteiger partial charge in [-0.05, 0) is 0 Å². The first kappa shape index (κ1) is 6.59. The number of nitrogens with two attached hydrogens (primary N) is 1. The highest BCUT2D eigenvalue weighted by Gasteiger charge is 1.95. The van der Waals surface area contributed by atoms with E-state index in [1.807, 2.05) is 0 Å². The number of hydrogen-bond acceptors (Lipinski definition) is 3. The van der Waals surface area contributed by atoms with Crippen LogP contribution in [0, 0.1) is 0 Å². The highest BCUT2D eigenvalue weighted by Crippen LogP contribution is 1.77. The molecule has 0 spiro atoms. The molecular formula is C4H8NO2. The molecule has 7 heavy (non-hydrogen) atoms. The first-order valence-electron chi connectivity index (χ1n) is 2.02. The molecule has 0 aromatic carbocycles. The summed E-state index contributed by atoms with van der Waals surface area (Å²) in [5.74, 6) is 0. The van der Waals surface area contributed by atoms with Gasteiger partial charge in [0.15, 0.2) is 6.29 Å². The molecule has 3 heteroatoms. The summed E-state index contributed by atoms with van der Waals surface area (Å²) in [7, 11) is 0. The summed E-state index contributed by atoms with van der Waals surface area (Å²) in [6.07, 6.45) is 1.70. The maximum absolute atomic E-state index is 9.46. The molecular weight excluding hydrogens is 94.0 g/mol. The minimum Gasteiger partial charge on any atom is -0.395 e. The molecule has 0 amide bonds. The largest absolute Gasteiger partial charge is 0.395 e. The van der Waals surface area contributed by atoms with Crippen molar-refractivity contribution in [3.8, 4) is 0 Å². The summed E-state index contributed by atoms with van der Waals surface area (Å²) >= 11 is 0. The van der Waals surface area contributed by atoms with Gasteiger partial charge in [0.1, 0.15) is 0 Å². The van der Waals surface area contributed by atoms with Crippen molar-refractivity contribution in [1.82, 2.24) is 0 Å². The van der Waals surface area contributed by atoms with Gasteiger partial charge in [0.2, 0.25) is 0 Å². The fourth-order valence-corrected chi connectivity index (χ4v) is 0.172. The minimum atomic E-state index is -0.419. The molecule has 0 aromatic rings. The second-order valence-corrected chi connectivity index (χ2v) is 1.29. The fourth-order valence-electron chi connectivity index (χ4n) is 0.172. The fraction of sp³-hybridized carbons (Fsp3) is 0.750. The number of hydrogen-bond donors (Lipinski definition) is 2. The van der Waals surface area contributed by atoms with E-state index in [9.17, 15) is 4.79 Å². The molecule has 0 unspecified atom stereocenters. The predicted octanol–water partition coefficient (Wildman–Crippen LogP) is -1.19. The molecule has 0 aliphatic carbocycles. The monoisotopic (exact) mass is 102 g/mol. The van der Waals surface area contributed by atoms with Crippen molar-refractivity contribution in [1.29, 1.82) is 0 Å². The maximum atomic E-state index is 9.46. The van der Waals surface area contributed by atoms with E-state index in [4.69, 9.17) is 10.8 Å². The lowest BCUT2D eigenvalue weighted by Crippen LogP contribution is -2.24. The standard InChI is InChI=1S/C4H8NO2/c5-4(3-7)1-2-6/h4,7H,1,3,5H2/t4-/m1/s1. The molecule has 1 atom stereocenters. The van der Waals surface area contributed by atoms with Gasteiger partial charge >= 0.3 is 0 Å². The minimum absolute atomic E-state index is 0.122. The SMILES string of the molecule is N[C@@H](CO)C[C]=O. The Balaban J connectivity index is 2.98. The Morgan fingerprint density at radius 2 is 2.43 bits per heavy atom. The molecule has 0 aromatic heterocycles. The zero-order valence-electron chi connectivity index (χ0n) is 3.92. The highest BCUT2D eigenvalue weighted by molar-refractivity contribution is 5.51. The third kappa shape index (κ3) is 3.42. The lowest BCUT2D eigenvalue weighted by Gasteiger charge is -1.97. The molecule has 41 valence electrons. The van der Waals surface area contributed by atoms with Crippen LogP contribution in [0.2, 0.25) is 0 Å². The molecule has 0 aliphatic rings. The van der Waals surface area contributed by atoms with Crippen LogP contribution in [0.1, 0.15) is 6.42 Å². The van der Waals surface area contributed by atoms with Crippen molar-refractivity contribution in [3.63, 3.8) is 0 Å². The van der Waals surface area contributed by atoms with Gasteiger partial charge in [0, 0.05) is 12.5 Å². The highest BCUT2D eigenvalue weighted by atomic mass is 16.3. The van der Waals surface area contributed by atoms with Crippen LogP contribution in [-0.4, -0.2) is 24.0 Å². The van der Waals surface area contributed by atoms with Crippen LogP contribution in [0.3, 0.4) is 0 Å². The van der Waals surface area contributed by atoms with Crippen molar-refractivity contribution in [2.75, 3.05) is 6.61 Å². The van der Waals surface area contributed by atoms with Crippen LogP contribution in [0.4, 0.5) is 0 Å². The molecule has 1 radical (unpaired) electrons. The summed E-state index contributed by atoms with van der Waals surface area (Å²) in [5, 5.41) is 8.16. The molecule has 0 rings (SSSR count). The molecule has 3 N–H and O–H groups in total. The van der Waals surface area contributed by atoms with Crippen molar-refractivity contribution >= 4 is 6.29 Å². The van der Waals surface area contributed by atoms with E-state index in [2.05, 4.69) is 0 Å². The van der Waals surface area contributed by atoms with Crippen LogP contribution < -0.4 is 5.73 Å². The van der Waals surface area contributed by atoms with E-state index in [0.717, 1.165) is 0 Å². The Bertz CT molecular complexity index is 55.7. The van der Waals surface area contributed by atoms with Gasteiger partial charge in [-0.2, -0.15) is 0 Å². The van der Waals surface area contributed by atoms with E-state index in [0.29, 0.717) is 0 Å². The predicted molar refractivity (Wildman–Crippen MR) is 25.4 cm³/mol. The van der Waals surface area contributed by atoms with Crippen LogP contribution >= 0.6 is 0 Å². The van der Waals surface area contributed by atoms with Crippen molar-refractivity contribution < 1.29 is 9.90 Å². The second-order valence-electron chi connectivity index (χ2n) is 1.29. The second kappa shape index (κ2) is 3.77. The van der Waals surface area contributed by atoms with Gasteiger partial charge in [0.25, 0.3) is 0 Å². The van der Waals surface area contributed by atoms with E-state index >= 15 is 0 Å².